The van der Waals surface area contributed by atoms with Gasteiger partial charge in [-0.2, -0.15) is 0 Å². The summed E-state index contributed by atoms with van der Waals surface area (Å²) in [6, 6.07) is 4.88. The highest BCUT2D eigenvalue weighted by Crippen LogP contribution is 2.34. The second kappa shape index (κ2) is 7.39. The number of aryl methyl sites for hydroxylation is 1. The van der Waals surface area contributed by atoms with Crippen molar-refractivity contribution in [2.75, 3.05) is 6.61 Å². The van der Waals surface area contributed by atoms with Gasteiger partial charge in [0.05, 0.1) is 6.10 Å². The van der Waals surface area contributed by atoms with E-state index in [1.807, 2.05) is 11.3 Å². The summed E-state index contributed by atoms with van der Waals surface area (Å²) in [6.07, 6.45) is 6.26. The van der Waals surface area contributed by atoms with E-state index >= 15 is 0 Å². The maximum absolute atomic E-state index is 5.70. The molecule has 0 amide bonds. The van der Waals surface area contributed by atoms with E-state index in [2.05, 4.69) is 31.4 Å². The van der Waals surface area contributed by atoms with Gasteiger partial charge in [-0.3, -0.25) is 11.3 Å². The first-order valence-electron chi connectivity index (χ1n) is 7.40. The van der Waals surface area contributed by atoms with Crippen molar-refractivity contribution in [3.05, 3.63) is 21.9 Å². The Kier molecular flexibility index (Phi) is 5.82. The van der Waals surface area contributed by atoms with Gasteiger partial charge in [-0.15, -0.1) is 11.3 Å². The molecule has 1 aromatic rings. The molecule has 3 nitrogen and oxygen atoms in total. The number of rotatable bonds is 8. The molecule has 19 heavy (non-hydrogen) atoms. The number of hydrazine groups is 1. The molecule has 1 heterocycles. The Bertz CT molecular complexity index is 374. The van der Waals surface area contributed by atoms with E-state index in [9.17, 15) is 0 Å². The third-order valence-electron chi connectivity index (χ3n) is 3.96. The topological polar surface area (TPSA) is 47.3 Å². The molecule has 0 aromatic carbocycles. The monoisotopic (exact) mass is 282 g/mol. The van der Waals surface area contributed by atoms with Crippen LogP contribution < -0.4 is 11.3 Å². The van der Waals surface area contributed by atoms with Crippen LogP contribution in [-0.2, 0) is 17.6 Å². The van der Waals surface area contributed by atoms with Crippen molar-refractivity contribution in [1.29, 1.82) is 0 Å². The van der Waals surface area contributed by atoms with Crippen LogP contribution in [0.3, 0.4) is 0 Å². The largest absolute Gasteiger partial charge is 0.378 e. The first-order chi connectivity index (χ1) is 9.25. The van der Waals surface area contributed by atoms with Gasteiger partial charge >= 0.3 is 0 Å². The Hall–Kier alpha value is -0.420. The van der Waals surface area contributed by atoms with Gasteiger partial charge in [-0.1, -0.05) is 6.92 Å². The van der Waals surface area contributed by atoms with Crippen LogP contribution in [-0.4, -0.2) is 18.8 Å². The molecule has 0 radical (unpaired) electrons. The van der Waals surface area contributed by atoms with Crippen molar-refractivity contribution < 1.29 is 4.74 Å². The quantitative estimate of drug-likeness (QED) is 0.569. The lowest BCUT2D eigenvalue weighted by Gasteiger charge is -2.36. The molecule has 1 atom stereocenters. The summed E-state index contributed by atoms with van der Waals surface area (Å²) in [4.78, 5) is 2.91. The molecule has 0 bridgehead atoms. The van der Waals surface area contributed by atoms with Crippen molar-refractivity contribution in [3.63, 3.8) is 0 Å². The van der Waals surface area contributed by atoms with Gasteiger partial charge in [0, 0.05) is 22.4 Å². The molecule has 3 N–H and O–H groups in total. The molecule has 0 aliphatic heterocycles. The number of thiophene rings is 1. The van der Waals surface area contributed by atoms with Crippen LogP contribution >= 0.6 is 11.3 Å². The van der Waals surface area contributed by atoms with Crippen LogP contribution in [0.2, 0.25) is 0 Å². The molecule has 108 valence electrons. The van der Waals surface area contributed by atoms with Crippen molar-refractivity contribution in [1.82, 2.24) is 5.43 Å². The highest BCUT2D eigenvalue weighted by Gasteiger charge is 2.31. The van der Waals surface area contributed by atoms with E-state index in [1.165, 1.54) is 29.0 Å². The van der Waals surface area contributed by atoms with Crippen molar-refractivity contribution in [2.45, 2.75) is 58.1 Å². The van der Waals surface area contributed by atoms with E-state index in [1.54, 1.807) is 0 Å². The van der Waals surface area contributed by atoms with Gasteiger partial charge in [-0.05, 0) is 57.1 Å². The lowest BCUT2D eigenvalue weighted by atomic mass is 9.78. The minimum Gasteiger partial charge on any atom is -0.378 e. The molecule has 4 heteroatoms. The van der Waals surface area contributed by atoms with E-state index < -0.39 is 0 Å². The maximum atomic E-state index is 5.70. The number of ether oxygens (including phenoxy) is 1. The third kappa shape index (κ3) is 4.28. The minimum atomic E-state index is 0.399. The predicted octanol–water partition coefficient (Wildman–Crippen LogP) is 2.89. The molecular weight excluding hydrogens is 256 g/mol. The zero-order valence-corrected chi connectivity index (χ0v) is 12.8. The molecule has 1 aromatic heterocycles. The van der Waals surface area contributed by atoms with Crippen LogP contribution in [0.25, 0.3) is 0 Å². The molecule has 0 spiro atoms. The molecule has 1 unspecified atom stereocenters. The van der Waals surface area contributed by atoms with E-state index in [0.29, 0.717) is 12.1 Å². The van der Waals surface area contributed by atoms with Crippen LogP contribution in [0.4, 0.5) is 0 Å². The first-order valence-corrected chi connectivity index (χ1v) is 8.22. The Morgan fingerprint density at radius 2 is 2.11 bits per heavy atom. The fourth-order valence-corrected chi connectivity index (χ4v) is 3.85. The Morgan fingerprint density at radius 1 is 1.37 bits per heavy atom. The second-order valence-electron chi connectivity index (χ2n) is 5.44. The summed E-state index contributed by atoms with van der Waals surface area (Å²) >= 11 is 1.92. The number of hydrogen-bond donors (Lipinski definition) is 2. The van der Waals surface area contributed by atoms with Crippen molar-refractivity contribution in [2.24, 2.45) is 11.8 Å². The zero-order chi connectivity index (χ0) is 13.7. The Labute approximate surface area is 120 Å². The summed E-state index contributed by atoms with van der Waals surface area (Å²) in [5.41, 5.74) is 2.99. The van der Waals surface area contributed by atoms with Crippen LogP contribution in [0, 0.1) is 5.92 Å². The Morgan fingerprint density at radius 3 is 2.68 bits per heavy atom. The van der Waals surface area contributed by atoms with Crippen LogP contribution in [0.1, 0.15) is 42.9 Å². The van der Waals surface area contributed by atoms with E-state index in [0.717, 1.165) is 25.4 Å². The average Bonchev–Trinajstić information content (AvgIpc) is 2.82. The highest BCUT2D eigenvalue weighted by molar-refractivity contribution is 7.11. The molecule has 1 saturated carbocycles. The second-order valence-corrected chi connectivity index (χ2v) is 6.69. The highest BCUT2D eigenvalue weighted by atomic mass is 32.1. The number of nitrogens with two attached hydrogens (primary N) is 1. The molecule has 2 rings (SSSR count). The first kappa shape index (κ1) is 15.0. The van der Waals surface area contributed by atoms with Gasteiger partial charge in [0.15, 0.2) is 0 Å². The predicted molar refractivity (Wildman–Crippen MR) is 81.3 cm³/mol. The minimum absolute atomic E-state index is 0.399. The fraction of sp³-hybridized carbons (Fsp3) is 0.733. The van der Waals surface area contributed by atoms with Gasteiger partial charge in [-0.25, -0.2) is 0 Å². The summed E-state index contributed by atoms with van der Waals surface area (Å²) in [6.45, 7) is 5.11. The zero-order valence-electron chi connectivity index (χ0n) is 12.0. The molecule has 0 saturated heterocycles. The summed E-state index contributed by atoms with van der Waals surface area (Å²) in [5, 5.41) is 0. The standard InChI is InChI=1S/C15H26N2OS/c1-3-14-5-6-15(19-14)10-12(17-16)7-11-8-13(9-11)18-4-2/h5-6,11-13,17H,3-4,7-10,16H2,1-2H3. The molecule has 1 fully saturated rings. The Balaban J connectivity index is 1.75. The van der Waals surface area contributed by atoms with Crippen LogP contribution in [0.15, 0.2) is 12.1 Å². The van der Waals surface area contributed by atoms with Gasteiger partial charge < -0.3 is 4.74 Å². The summed E-state index contributed by atoms with van der Waals surface area (Å²) in [7, 11) is 0. The molecule has 1 aliphatic carbocycles. The van der Waals surface area contributed by atoms with E-state index in [-0.39, 0.29) is 0 Å². The number of nitrogens with one attached hydrogen (secondary N) is 1. The fourth-order valence-electron chi connectivity index (χ4n) is 2.82. The lowest BCUT2D eigenvalue weighted by molar-refractivity contribution is -0.0290. The van der Waals surface area contributed by atoms with E-state index in [4.69, 9.17) is 10.6 Å². The third-order valence-corrected chi connectivity index (χ3v) is 5.21. The maximum Gasteiger partial charge on any atom is 0.0580 e. The van der Waals surface area contributed by atoms with Gasteiger partial charge in [0.25, 0.3) is 0 Å². The number of hydrogen-bond acceptors (Lipinski definition) is 4. The van der Waals surface area contributed by atoms with Gasteiger partial charge in [0.1, 0.15) is 0 Å². The average molecular weight is 282 g/mol. The SMILES string of the molecule is CCOC1CC(CC(Cc2ccc(CC)s2)NN)C1. The van der Waals surface area contributed by atoms with Crippen LogP contribution in [0.5, 0.6) is 0 Å². The normalized spacial score (nSPS) is 24.2. The summed E-state index contributed by atoms with van der Waals surface area (Å²) in [5.74, 6) is 6.48. The lowest BCUT2D eigenvalue weighted by Crippen LogP contribution is -2.42. The smallest absolute Gasteiger partial charge is 0.0580 e. The summed E-state index contributed by atoms with van der Waals surface area (Å²) < 4.78 is 5.61. The molecular formula is C15H26N2OS. The van der Waals surface area contributed by atoms with Gasteiger partial charge in [0.2, 0.25) is 0 Å². The van der Waals surface area contributed by atoms with Crippen molar-refractivity contribution in [3.8, 4) is 0 Å². The van der Waals surface area contributed by atoms with Crippen molar-refractivity contribution >= 4 is 11.3 Å². The molecule has 1 aliphatic rings.